The molecule has 2 amide bonds. The van der Waals surface area contributed by atoms with Gasteiger partial charge >= 0.3 is 5.69 Å². The quantitative estimate of drug-likeness (QED) is 0.813. The monoisotopic (exact) mass is 384 g/mol. The lowest BCUT2D eigenvalue weighted by Gasteiger charge is -2.28. The number of carbonyl (C=O) groups is 2. The number of hydrogen-bond donors (Lipinski definition) is 1. The first-order valence-electron chi connectivity index (χ1n) is 10.2. The maximum Gasteiger partial charge on any atom is 0.329 e. The summed E-state index contributed by atoms with van der Waals surface area (Å²) in [6.45, 7) is 2.21. The summed E-state index contributed by atoms with van der Waals surface area (Å²) in [4.78, 5) is 38.5. The number of nitrogens with one attached hydrogen (secondary N) is 1. The van der Waals surface area contributed by atoms with E-state index in [9.17, 15) is 14.4 Å². The van der Waals surface area contributed by atoms with Crippen molar-refractivity contribution in [2.24, 2.45) is 13.0 Å². The smallest absolute Gasteiger partial charge is 0.317 e. The molecule has 3 heterocycles. The highest BCUT2D eigenvalue weighted by atomic mass is 16.2. The van der Waals surface area contributed by atoms with E-state index in [4.69, 9.17) is 0 Å². The molecule has 2 aliphatic rings. The summed E-state index contributed by atoms with van der Waals surface area (Å²) >= 11 is 0. The van der Waals surface area contributed by atoms with Gasteiger partial charge in [-0.15, -0.1) is 0 Å². The van der Waals surface area contributed by atoms with E-state index in [1.165, 1.54) is 25.5 Å². The molecule has 0 spiro atoms. The molecule has 0 bridgehead atoms. The van der Waals surface area contributed by atoms with Gasteiger partial charge in [0.05, 0.1) is 11.0 Å². The Morgan fingerprint density at radius 2 is 1.79 bits per heavy atom. The van der Waals surface area contributed by atoms with Gasteiger partial charge in [0, 0.05) is 20.5 Å². The zero-order chi connectivity index (χ0) is 19.8. The van der Waals surface area contributed by atoms with Crippen LogP contribution in [0, 0.1) is 5.92 Å². The highest BCUT2D eigenvalue weighted by molar-refractivity contribution is 5.99. The molecular formula is C21H28N4O3. The number of amides is 2. The van der Waals surface area contributed by atoms with Gasteiger partial charge in [0.1, 0.15) is 6.04 Å². The molecule has 0 radical (unpaired) electrons. The SMILES string of the molecule is CN1C(=O)CCC(n2c(=O)n(C)c3cc(CCC4CCNCC4)ccc32)C1=O. The van der Waals surface area contributed by atoms with Crippen molar-refractivity contribution in [3.05, 3.63) is 34.2 Å². The van der Waals surface area contributed by atoms with Crippen LogP contribution in [-0.2, 0) is 23.1 Å². The number of aromatic nitrogens is 2. The van der Waals surface area contributed by atoms with Crippen molar-refractivity contribution in [2.45, 2.75) is 44.6 Å². The molecule has 4 rings (SSSR count). The van der Waals surface area contributed by atoms with Crippen molar-refractivity contribution < 1.29 is 9.59 Å². The molecule has 1 unspecified atom stereocenters. The number of likely N-dealkylation sites (tertiary alicyclic amines) is 1. The molecule has 0 aliphatic carbocycles. The number of aryl methyl sites for hydroxylation is 2. The van der Waals surface area contributed by atoms with E-state index in [0.29, 0.717) is 6.42 Å². The number of hydrogen-bond acceptors (Lipinski definition) is 4. The van der Waals surface area contributed by atoms with Crippen LogP contribution in [0.1, 0.15) is 43.7 Å². The number of likely N-dealkylation sites (N-methyl/N-ethyl adjacent to an activating group) is 1. The lowest BCUT2D eigenvalue weighted by molar-refractivity contribution is -0.149. The number of fused-ring (bicyclic) bond motifs is 1. The summed E-state index contributed by atoms with van der Waals surface area (Å²) in [5, 5.41) is 3.40. The van der Waals surface area contributed by atoms with Crippen LogP contribution in [0.25, 0.3) is 11.0 Å². The zero-order valence-corrected chi connectivity index (χ0v) is 16.6. The summed E-state index contributed by atoms with van der Waals surface area (Å²) in [7, 11) is 3.24. The molecule has 7 nitrogen and oxygen atoms in total. The van der Waals surface area contributed by atoms with Gasteiger partial charge in [-0.2, -0.15) is 0 Å². The summed E-state index contributed by atoms with van der Waals surface area (Å²) in [6.07, 6.45) is 5.28. The van der Waals surface area contributed by atoms with Gasteiger partial charge in [0.15, 0.2) is 0 Å². The second-order valence-corrected chi connectivity index (χ2v) is 8.11. The van der Waals surface area contributed by atoms with Gasteiger partial charge in [-0.05, 0) is 68.8 Å². The molecule has 1 atom stereocenters. The van der Waals surface area contributed by atoms with Crippen molar-refractivity contribution in [1.29, 1.82) is 0 Å². The highest BCUT2D eigenvalue weighted by Gasteiger charge is 2.35. The molecule has 2 fully saturated rings. The van der Waals surface area contributed by atoms with Crippen LogP contribution < -0.4 is 11.0 Å². The number of imide groups is 1. The third-order valence-corrected chi connectivity index (χ3v) is 6.39. The van der Waals surface area contributed by atoms with E-state index in [2.05, 4.69) is 17.4 Å². The van der Waals surface area contributed by atoms with Gasteiger partial charge in [-0.3, -0.25) is 23.6 Å². The van der Waals surface area contributed by atoms with Crippen molar-refractivity contribution in [3.8, 4) is 0 Å². The molecule has 0 saturated carbocycles. The fourth-order valence-electron chi connectivity index (χ4n) is 4.54. The predicted molar refractivity (Wildman–Crippen MR) is 107 cm³/mol. The van der Waals surface area contributed by atoms with Crippen molar-refractivity contribution in [1.82, 2.24) is 19.4 Å². The van der Waals surface area contributed by atoms with E-state index in [0.717, 1.165) is 47.8 Å². The van der Waals surface area contributed by atoms with E-state index in [-0.39, 0.29) is 23.9 Å². The minimum atomic E-state index is -0.612. The third kappa shape index (κ3) is 3.28. The number of nitrogens with zero attached hydrogens (tertiary/aromatic N) is 3. The Labute approximate surface area is 164 Å². The molecule has 2 aliphatic heterocycles. The Morgan fingerprint density at radius 3 is 2.54 bits per heavy atom. The Balaban J connectivity index is 1.62. The molecule has 1 aromatic carbocycles. The van der Waals surface area contributed by atoms with Gasteiger partial charge in [-0.1, -0.05) is 6.07 Å². The summed E-state index contributed by atoms with van der Waals surface area (Å²) in [5.74, 6) is 0.272. The fourth-order valence-corrected chi connectivity index (χ4v) is 4.54. The van der Waals surface area contributed by atoms with Gasteiger partial charge in [-0.25, -0.2) is 4.79 Å². The Bertz CT molecular complexity index is 968. The molecule has 2 saturated heterocycles. The summed E-state index contributed by atoms with van der Waals surface area (Å²) < 4.78 is 3.18. The maximum atomic E-state index is 12.9. The standard InChI is InChI=1S/C21H28N4O3/c1-23-18-13-15(4-3-14-9-11-22-12-10-14)5-6-16(18)25(21(23)28)17-7-8-19(26)24(2)20(17)27/h5-6,13-14,17,22H,3-4,7-12H2,1-2H3. The third-order valence-electron chi connectivity index (χ3n) is 6.39. The Morgan fingerprint density at radius 1 is 1.04 bits per heavy atom. The number of carbonyl (C=O) groups excluding carboxylic acids is 2. The summed E-state index contributed by atoms with van der Waals surface area (Å²) in [6, 6.07) is 5.50. The second kappa shape index (κ2) is 7.54. The minimum absolute atomic E-state index is 0.185. The number of rotatable bonds is 4. The minimum Gasteiger partial charge on any atom is -0.317 e. The second-order valence-electron chi connectivity index (χ2n) is 8.11. The first-order chi connectivity index (χ1) is 13.5. The van der Waals surface area contributed by atoms with Crippen LogP contribution in [0.5, 0.6) is 0 Å². The fraction of sp³-hybridized carbons (Fsp3) is 0.571. The molecule has 150 valence electrons. The lowest BCUT2D eigenvalue weighted by atomic mass is 9.91. The highest BCUT2D eigenvalue weighted by Crippen LogP contribution is 2.27. The average molecular weight is 384 g/mol. The van der Waals surface area contributed by atoms with Crippen LogP contribution in [0.4, 0.5) is 0 Å². The predicted octanol–water partition coefficient (Wildman–Crippen LogP) is 1.59. The van der Waals surface area contributed by atoms with E-state index < -0.39 is 6.04 Å². The molecule has 2 aromatic rings. The van der Waals surface area contributed by atoms with Crippen LogP contribution in [0.15, 0.2) is 23.0 Å². The zero-order valence-electron chi connectivity index (χ0n) is 16.6. The van der Waals surface area contributed by atoms with Crippen molar-refractivity contribution >= 4 is 22.8 Å². The van der Waals surface area contributed by atoms with E-state index >= 15 is 0 Å². The maximum absolute atomic E-state index is 12.9. The van der Waals surface area contributed by atoms with Gasteiger partial charge < -0.3 is 5.32 Å². The van der Waals surface area contributed by atoms with Crippen LogP contribution in [0.2, 0.25) is 0 Å². The first-order valence-corrected chi connectivity index (χ1v) is 10.2. The van der Waals surface area contributed by atoms with Crippen molar-refractivity contribution in [2.75, 3.05) is 20.1 Å². The molecule has 1 aromatic heterocycles. The normalized spacial score (nSPS) is 21.6. The summed E-state index contributed by atoms with van der Waals surface area (Å²) in [5.41, 5.74) is 2.63. The number of imidazole rings is 1. The average Bonchev–Trinajstić information content (AvgIpc) is 2.96. The van der Waals surface area contributed by atoms with E-state index in [1.54, 1.807) is 16.2 Å². The topological polar surface area (TPSA) is 76.3 Å². The largest absolute Gasteiger partial charge is 0.329 e. The van der Waals surface area contributed by atoms with Crippen LogP contribution in [-0.4, -0.2) is 46.0 Å². The molecular weight excluding hydrogens is 356 g/mol. The van der Waals surface area contributed by atoms with Gasteiger partial charge in [0.2, 0.25) is 5.91 Å². The Kier molecular flexibility index (Phi) is 5.10. The number of benzene rings is 1. The molecule has 1 N–H and O–H groups in total. The number of piperidine rings is 2. The lowest BCUT2D eigenvalue weighted by Crippen LogP contribution is -2.45. The van der Waals surface area contributed by atoms with Crippen molar-refractivity contribution in [3.63, 3.8) is 0 Å². The van der Waals surface area contributed by atoms with Crippen LogP contribution in [0.3, 0.4) is 0 Å². The molecule has 7 heteroatoms. The van der Waals surface area contributed by atoms with Crippen LogP contribution >= 0.6 is 0 Å². The Hall–Kier alpha value is -2.41. The van der Waals surface area contributed by atoms with Gasteiger partial charge in [0.25, 0.3) is 5.91 Å². The van der Waals surface area contributed by atoms with E-state index in [1.807, 2.05) is 6.07 Å². The first kappa shape index (κ1) is 18.9. The molecule has 28 heavy (non-hydrogen) atoms.